The highest BCUT2D eigenvalue weighted by Crippen LogP contribution is 2.33. The molecule has 0 atom stereocenters. The highest BCUT2D eigenvalue weighted by molar-refractivity contribution is 7.99. The van der Waals surface area contributed by atoms with Crippen LogP contribution in [0, 0.1) is 0 Å². The molecule has 9 heteroatoms. The zero-order chi connectivity index (χ0) is 21.6. The normalized spacial score (nSPS) is 10.8. The number of ether oxygens (including phenoxy) is 1. The van der Waals surface area contributed by atoms with Gasteiger partial charge in [-0.15, -0.1) is 10.2 Å². The monoisotopic (exact) mass is 454 g/mol. The lowest BCUT2D eigenvalue weighted by atomic mass is 10.3. The molecule has 0 unspecified atom stereocenters. The molecule has 1 N–H and O–H groups in total. The number of nitrogens with one attached hydrogen (secondary N) is 1. The molecule has 158 valence electrons. The average Bonchev–Trinajstić information content (AvgIpc) is 3.44. The van der Waals surface area contributed by atoms with Gasteiger partial charge in [0.1, 0.15) is 5.75 Å². The maximum absolute atomic E-state index is 12.6. The topological polar surface area (TPSA) is 82.2 Å². The van der Waals surface area contributed by atoms with Crippen molar-refractivity contribution >= 4 is 35.0 Å². The lowest BCUT2D eigenvalue weighted by Gasteiger charge is -2.13. The number of anilines is 1. The van der Waals surface area contributed by atoms with Crippen molar-refractivity contribution in [1.82, 2.24) is 14.8 Å². The number of amides is 1. The van der Waals surface area contributed by atoms with Crippen molar-refractivity contribution < 1.29 is 13.9 Å². The minimum Gasteiger partial charge on any atom is -0.461 e. The number of furan rings is 1. The molecule has 0 bridgehead atoms. The Morgan fingerprint density at radius 2 is 1.87 bits per heavy atom. The number of carbonyl (C=O) groups excluding carboxylic acids is 1. The predicted molar refractivity (Wildman–Crippen MR) is 121 cm³/mol. The van der Waals surface area contributed by atoms with E-state index in [0.29, 0.717) is 45.5 Å². The van der Waals surface area contributed by atoms with Crippen LogP contribution in [-0.4, -0.2) is 26.4 Å². The van der Waals surface area contributed by atoms with Gasteiger partial charge in [0.15, 0.2) is 22.5 Å². The molecule has 31 heavy (non-hydrogen) atoms. The van der Waals surface area contributed by atoms with E-state index in [1.807, 2.05) is 41.8 Å². The van der Waals surface area contributed by atoms with Gasteiger partial charge in [0.2, 0.25) is 5.91 Å². The molecule has 0 aliphatic carbocycles. The van der Waals surface area contributed by atoms with Gasteiger partial charge in [-0.3, -0.25) is 9.36 Å². The van der Waals surface area contributed by atoms with Crippen LogP contribution in [0.2, 0.25) is 5.02 Å². The first kappa shape index (κ1) is 21.0. The highest BCUT2D eigenvalue weighted by Gasteiger charge is 2.17. The number of rotatable bonds is 8. The Morgan fingerprint density at radius 3 is 2.61 bits per heavy atom. The van der Waals surface area contributed by atoms with Gasteiger partial charge in [-0.1, -0.05) is 47.6 Å². The maximum atomic E-state index is 12.6. The standard InChI is InChI=1S/C22H19ClN4O3S/c1-2-27-21(19-12-7-13-29-19)25-26-22(27)31-14-20(28)24-16-9-4-6-11-18(16)30-17-10-5-3-8-15(17)23/h3-13H,2,14H2,1H3,(H,24,28). The van der Waals surface area contributed by atoms with Crippen molar-refractivity contribution in [2.45, 2.75) is 18.6 Å². The molecular weight excluding hydrogens is 436 g/mol. The Balaban J connectivity index is 1.43. The van der Waals surface area contributed by atoms with E-state index < -0.39 is 0 Å². The zero-order valence-electron chi connectivity index (χ0n) is 16.6. The number of hydrogen-bond acceptors (Lipinski definition) is 6. The van der Waals surface area contributed by atoms with E-state index in [1.54, 1.807) is 36.6 Å². The molecule has 0 fully saturated rings. The molecule has 0 aliphatic rings. The van der Waals surface area contributed by atoms with Crippen LogP contribution < -0.4 is 10.1 Å². The largest absolute Gasteiger partial charge is 0.461 e. The third kappa shape index (κ3) is 4.92. The van der Waals surface area contributed by atoms with Crippen molar-refractivity contribution in [1.29, 1.82) is 0 Å². The van der Waals surface area contributed by atoms with Crippen molar-refractivity contribution in [3.8, 4) is 23.1 Å². The number of halogens is 1. The maximum Gasteiger partial charge on any atom is 0.234 e. The summed E-state index contributed by atoms with van der Waals surface area (Å²) in [6.07, 6.45) is 1.59. The molecule has 0 saturated heterocycles. The third-order valence-corrected chi connectivity index (χ3v) is 5.60. The van der Waals surface area contributed by atoms with Gasteiger partial charge in [0.05, 0.1) is 22.7 Å². The van der Waals surface area contributed by atoms with E-state index in [2.05, 4.69) is 15.5 Å². The fourth-order valence-corrected chi connectivity index (χ4v) is 3.87. The molecule has 4 rings (SSSR count). The molecule has 0 aliphatic heterocycles. The Morgan fingerprint density at radius 1 is 1.10 bits per heavy atom. The van der Waals surface area contributed by atoms with Gasteiger partial charge in [-0.2, -0.15) is 0 Å². The first-order valence-electron chi connectivity index (χ1n) is 9.57. The van der Waals surface area contributed by atoms with Crippen LogP contribution in [0.4, 0.5) is 5.69 Å². The van der Waals surface area contributed by atoms with Gasteiger partial charge in [-0.05, 0) is 43.3 Å². The van der Waals surface area contributed by atoms with Crippen molar-refractivity contribution in [3.63, 3.8) is 0 Å². The van der Waals surface area contributed by atoms with Crippen LogP contribution in [0.15, 0.2) is 76.5 Å². The predicted octanol–water partition coefficient (Wildman–Crippen LogP) is 5.73. The Bertz CT molecular complexity index is 1180. The molecule has 4 aromatic rings. The van der Waals surface area contributed by atoms with E-state index >= 15 is 0 Å². The van der Waals surface area contributed by atoms with Crippen LogP contribution in [0.3, 0.4) is 0 Å². The molecule has 2 aromatic carbocycles. The lowest BCUT2D eigenvalue weighted by Crippen LogP contribution is -2.15. The van der Waals surface area contributed by atoms with E-state index in [0.717, 1.165) is 0 Å². The summed E-state index contributed by atoms with van der Waals surface area (Å²) in [5, 5.41) is 12.4. The summed E-state index contributed by atoms with van der Waals surface area (Å²) in [6.45, 7) is 2.64. The second-order valence-corrected chi connectivity index (χ2v) is 7.74. The molecular formula is C22H19ClN4O3S. The molecule has 7 nitrogen and oxygen atoms in total. The fraction of sp³-hybridized carbons (Fsp3) is 0.136. The summed E-state index contributed by atoms with van der Waals surface area (Å²) >= 11 is 7.48. The number of benzene rings is 2. The highest BCUT2D eigenvalue weighted by atomic mass is 35.5. The molecule has 1 amide bonds. The van der Waals surface area contributed by atoms with Gasteiger partial charge in [-0.25, -0.2) is 0 Å². The smallest absolute Gasteiger partial charge is 0.234 e. The first-order chi connectivity index (χ1) is 15.2. The van der Waals surface area contributed by atoms with Crippen molar-refractivity contribution in [2.75, 3.05) is 11.1 Å². The molecule has 0 saturated carbocycles. The van der Waals surface area contributed by atoms with Crippen LogP contribution >= 0.6 is 23.4 Å². The second kappa shape index (κ2) is 9.72. The molecule has 2 heterocycles. The molecule has 0 radical (unpaired) electrons. The lowest BCUT2D eigenvalue weighted by molar-refractivity contribution is -0.113. The van der Waals surface area contributed by atoms with E-state index in [1.165, 1.54) is 11.8 Å². The zero-order valence-corrected chi connectivity index (χ0v) is 18.2. The summed E-state index contributed by atoms with van der Waals surface area (Å²) in [6, 6.07) is 18.0. The summed E-state index contributed by atoms with van der Waals surface area (Å²) in [4.78, 5) is 12.6. The van der Waals surface area contributed by atoms with Crippen LogP contribution in [0.25, 0.3) is 11.6 Å². The summed E-state index contributed by atoms with van der Waals surface area (Å²) in [5.41, 5.74) is 0.557. The van der Waals surface area contributed by atoms with Gasteiger partial charge in [0.25, 0.3) is 0 Å². The number of thioether (sulfide) groups is 1. The Hall–Kier alpha value is -3.23. The van der Waals surface area contributed by atoms with Crippen molar-refractivity contribution in [3.05, 3.63) is 71.9 Å². The third-order valence-electron chi connectivity index (χ3n) is 4.32. The minimum absolute atomic E-state index is 0.163. The van der Waals surface area contributed by atoms with Crippen LogP contribution in [0.5, 0.6) is 11.5 Å². The molecule has 0 spiro atoms. The number of para-hydroxylation sites is 3. The number of hydrogen-bond donors (Lipinski definition) is 1. The van der Waals surface area contributed by atoms with Gasteiger partial charge < -0.3 is 14.5 Å². The fourth-order valence-electron chi connectivity index (χ4n) is 2.89. The van der Waals surface area contributed by atoms with E-state index in [4.69, 9.17) is 20.8 Å². The number of carbonyl (C=O) groups is 1. The SMILES string of the molecule is CCn1c(SCC(=O)Nc2ccccc2Oc2ccccc2Cl)nnc1-c1ccco1. The summed E-state index contributed by atoms with van der Waals surface area (Å²) in [5.74, 6) is 2.26. The summed E-state index contributed by atoms with van der Waals surface area (Å²) < 4.78 is 13.2. The van der Waals surface area contributed by atoms with Crippen LogP contribution in [-0.2, 0) is 11.3 Å². The van der Waals surface area contributed by atoms with E-state index in [-0.39, 0.29) is 11.7 Å². The summed E-state index contributed by atoms with van der Waals surface area (Å²) in [7, 11) is 0. The van der Waals surface area contributed by atoms with Crippen LogP contribution in [0.1, 0.15) is 6.92 Å². The van der Waals surface area contributed by atoms with Crippen molar-refractivity contribution in [2.24, 2.45) is 0 Å². The quantitative estimate of drug-likeness (QED) is 0.342. The Labute approximate surface area is 188 Å². The van der Waals surface area contributed by atoms with E-state index in [9.17, 15) is 4.79 Å². The number of aromatic nitrogens is 3. The Kier molecular flexibility index (Phi) is 6.59. The number of nitrogens with zero attached hydrogens (tertiary/aromatic N) is 3. The average molecular weight is 455 g/mol. The minimum atomic E-state index is -0.189. The second-order valence-electron chi connectivity index (χ2n) is 6.39. The molecule has 2 aromatic heterocycles. The van der Waals surface area contributed by atoms with Gasteiger partial charge >= 0.3 is 0 Å². The first-order valence-corrected chi connectivity index (χ1v) is 10.9. The van der Waals surface area contributed by atoms with Gasteiger partial charge in [0, 0.05) is 6.54 Å².